The average molecular weight is 349 g/mol. The molecule has 2 aromatic rings. The van der Waals surface area contributed by atoms with Gasteiger partial charge in [0.15, 0.2) is 5.17 Å². The van der Waals surface area contributed by atoms with Crippen LogP contribution in [0.1, 0.15) is 28.6 Å². The minimum Gasteiger partial charge on any atom is -0.379 e. The second-order valence-electron chi connectivity index (χ2n) is 5.45. The first-order valence-electron chi connectivity index (χ1n) is 7.11. The Morgan fingerprint density at radius 2 is 2.26 bits per heavy atom. The van der Waals surface area contributed by atoms with E-state index >= 15 is 0 Å². The Balaban J connectivity index is 1.90. The number of hydrogen-bond acceptors (Lipinski definition) is 5. The van der Waals surface area contributed by atoms with E-state index in [1.807, 2.05) is 6.92 Å². The molecule has 0 spiro atoms. The van der Waals surface area contributed by atoms with Crippen LogP contribution in [0.4, 0.5) is 10.1 Å². The summed E-state index contributed by atoms with van der Waals surface area (Å²) in [6, 6.07) is 8.19. The zero-order valence-corrected chi connectivity index (χ0v) is 14.1. The normalized spacial score (nSPS) is 20.9. The molecule has 1 amide bonds. The van der Waals surface area contributed by atoms with Crippen molar-refractivity contribution < 1.29 is 9.18 Å². The third kappa shape index (κ3) is 3.40. The monoisotopic (exact) mass is 349 g/mol. The molecule has 0 aliphatic carbocycles. The molecule has 0 saturated carbocycles. The van der Waals surface area contributed by atoms with E-state index in [-0.39, 0.29) is 11.6 Å². The summed E-state index contributed by atoms with van der Waals surface area (Å²) < 4.78 is 14.1. The minimum atomic E-state index is -0.495. The molecule has 0 radical (unpaired) electrons. The van der Waals surface area contributed by atoms with Crippen LogP contribution in [-0.4, -0.2) is 16.8 Å². The predicted octanol–water partition coefficient (Wildman–Crippen LogP) is 3.81. The number of rotatable bonds is 3. The van der Waals surface area contributed by atoms with Crippen molar-refractivity contribution in [1.82, 2.24) is 0 Å². The molecule has 1 aromatic carbocycles. The summed E-state index contributed by atoms with van der Waals surface area (Å²) in [6.07, 6.45) is 0.808. The molecule has 3 rings (SSSR count). The van der Waals surface area contributed by atoms with E-state index in [1.54, 1.807) is 29.6 Å². The number of halogens is 1. The van der Waals surface area contributed by atoms with Gasteiger partial charge in [-0.1, -0.05) is 23.9 Å². The van der Waals surface area contributed by atoms with Crippen LogP contribution in [0.25, 0.3) is 0 Å². The van der Waals surface area contributed by atoms with Crippen molar-refractivity contribution in [2.45, 2.75) is 18.9 Å². The first-order valence-corrected chi connectivity index (χ1v) is 8.97. The number of benzene rings is 1. The number of thiophene rings is 1. The summed E-state index contributed by atoms with van der Waals surface area (Å²) in [5.41, 5.74) is 6.33. The van der Waals surface area contributed by atoms with Crippen molar-refractivity contribution in [3.8, 4) is 0 Å². The van der Waals surface area contributed by atoms with Gasteiger partial charge in [-0.05, 0) is 42.5 Å². The smallest absolute Gasteiger partial charge is 0.265 e. The molecule has 120 valence electrons. The maximum atomic E-state index is 14.1. The van der Waals surface area contributed by atoms with Crippen LogP contribution in [-0.2, 0) is 5.54 Å². The second kappa shape index (κ2) is 6.33. The Morgan fingerprint density at radius 3 is 2.96 bits per heavy atom. The molecule has 7 heteroatoms. The first kappa shape index (κ1) is 16.0. The van der Waals surface area contributed by atoms with Gasteiger partial charge in [0.2, 0.25) is 0 Å². The Morgan fingerprint density at radius 1 is 1.43 bits per heavy atom. The molecular formula is C16H16FN3OS2. The minimum absolute atomic E-state index is 0.161. The van der Waals surface area contributed by atoms with Crippen LogP contribution in [0, 0.1) is 5.82 Å². The first-order chi connectivity index (χ1) is 11.0. The van der Waals surface area contributed by atoms with E-state index in [9.17, 15) is 9.18 Å². The summed E-state index contributed by atoms with van der Waals surface area (Å²) in [5, 5.41) is 4.97. The maximum absolute atomic E-state index is 14.1. The van der Waals surface area contributed by atoms with Crippen molar-refractivity contribution in [1.29, 1.82) is 0 Å². The Labute approximate surface area is 142 Å². The fourth-order valence-electron chi connectivity index (χ4n) is 2.44. The highest BCUT2D eigenvalue weighted by atomic mass is 32.2. The Hall–Kier alpha value is -1.86. The molecule has 1 atom stereocenters. The van der Waals surface area contributed by atoms with Crippen molar-refractivity contribution in [3.05, 3.63) is 52.0 Å². The number of nitrogens with zero attached hydrogens (tertiary/aromatic N) is 1. The lowest BCUT2D eigenvalue weighted by Gasteiger charge is -2.30. The standard InChI is InChI=1S/C16H16FN3OS2/c1-16(6-8-23-15(18)20-16)10-4-5-11(17)12(9-10)19-14(21)13-3-2-7-22-13/h2-5,7,9H,6,8H2,1H3,(H2,18,20)(H,19,21). The average Bonchev–Trinajstić information content (AvgIpc) is 3.03. The van der Waals surface area contributed by atoms with Crippen molar-refractivity contribution >= 4 is 39.9 Å². The molecule has 23 heavy (non-hydrogen) atoms. The molecule has 4 nitrogen and oxygen atoms in total. The number of hydrogen-bond donors (Lipinski definition) is 2. The number of carbonyl (C=O) groups is 1. The van der Waals surface area contributed by atoms with Gasteiger partial charge in [0.25, 0.3) is 5.91 Å². The molecule has 0 saturated heterocycles. The summed E-state index contributed by atoms with van der Waals surface area (Å²) in [4.78, 5) is 17.2. The second-order valence-corrected chi connectivity index (χ2v) is 7.51. The number of amidine groups is 1. The lowest BCUT2D eigenvalue weighted by Crippen LogP contribution is -2.29. The molecule has 3 N–H and O–H groups in total. The van der Waals surface area contributed by atoms with Crippen LogP contribution in [0.2, 0.25) is 0 Å². The van der Waals surface area contributed by atoms with Gasteiger partial charge in [-0.15, -0.1) is 11.3 Å². The predicted molar refractivity (Wildman–Crippen MR) is 94.7 cm³/mol. The van der Waals surface area contributed by atoms with Gasteiger partial charge in [0, 0.05) is 5.75 Å². The molecule has 0 fully saturated rings. The van der Waals surface area contributed by atoms with Gasteiger partial charge in [-0.2, -0.15) is 0 Å². The van der Waals surface area contributed by atoms with E-state index in [2.05, 4.69) is 10.3 Å². The van der Waals surface area contributed by atoms with Crippen LogP contribution >= 0.6 is 23.1 Å². The molecule has 0 bridgehead atoms. The third-order valence-corrected chi connectivity index (χ3v) is 5.44. The molecule has 1 aliphatic rings. The summed E-state index contributed by atoms with van der Waals surface area (Å²) >= 11 is 2.83. The number of nitrogens with one attached hydrogen (secondary N) is 1. The van der Waals surface area contributed by atoms with Gasteiger partial charge in [-0.3, -0.25) is 9.79 Å². The molecular weight excluding hydrogens is 333 g/mol. The summed E-state index contributed by atoms with van der Waals surface area (Å²) in [5.74, 6) is 0.0768. The number of thioether (sulfide) groups is 1. The lowest BCUT2D eigenvalue weighted by molar-refractivity contribution is 0.103. The molecule has 1 unspecified atom stereocenters. The zero-order chi connectivity index (χ0) is 16.4. The topological polar surface area (TPSA) is 67.5 Å². The zero-order valence-electron chi connectivity index (χ0n) is 12.5. The summed E-state index contributed by atoms with van der Waals surface area (Å²) in [6.45, 7) is 1.97. The third-order valence-electron chi connectivity index (χ3n) is 3.78. The SMILES string of the molecule is CC1(c2ccc(F)c(NC(=O)c3cccs3)c2)CCSC(N)=N1. The number of anilines is 1. The van der Waals surface area contributed by atoms with Crippen molar-refractivity contribution in [3.63, 3.8) is 0 Å². The highest BCUT2D eigenvalue weighted by Gasteiger charge is 2.30. The molecule has 1 aliphatic heterocycles. The Kier molecular flexibility index (Phi) is 4.41. The van der Waals surface area contributed by atoms with Gasteiger partial charge in [0.1, 0.15) is 5.82 Å². The number of aliphatic imine (C=N–C) groups is 1. The van der Waals surface area contributed by atoms with Gasteiger partial charge >= 0.3 is 0 Å². The van der Waals surface area contributed by atoms with E-state index in [0.29, 0.717) is 10.0 Å². The lowest BCUT2D eigenvalue weighted by atomic mass is 9.89. The number of carbonyl (C=O) groups excluding carboxylic acids is 1. The van der Waals surface area contributed by atoms with Crippen LogP contribution < -0.4 is 11.1 Å². The van der Waals surface area contributed by atoms with E-state index in [1.165, 1.54) is 29.2 Å². The highest BCUT2D eigenvalue weighted by molar-refractivity contribution is 8.13. The Bertz CT molecular complexity index is 761. The fraction of sp³-hybridized carbons (Fsp3) is 0.250. The molecule has 2 heterocycles. The summed E-state index contributed by atoms with van der Waals surface area (Å²) in [7, 11) is 0. The largest absolute Gasteiger partial charge is 0.379 e. The molecule has 1 aromatic heterocycles. The number of amides is 1. The van der Waals surface area contributed by atoms with Crippen LogP contribution in [0.15, 0.2) is 40.7 Å². The van der Waals surface area contributed by atoms with Crippen molar-refractivity contribution in [2.24, 2.45) is 10.7 Å². The maximum Gasteiger partial charge on any atom is 0.265 e. The quantitative estimate of drug-likeness (QED) is 0.885. The van der Waals surface area contributed by atoms with Gasteiger partial charge in [0.05, 0.1) is 16.1 Å². The van der Waals surface area contributed by atoms with Gasteiger partial charge in [-0.25, -0.2) is 4.39 Å². The van der Waals surface area contributed by atoms with E-state index in [4.69, 9.17) is 5.73 Å². The van der Waals surface area contributed by atoms with Crippen molar-refractivity contribution in [2.75, 3.05) is 11.1 Å². The van der Waals surface area contributed by atoms with E-state index in [0.717, 1.165) is 17.7 Å². The van der Waals surface area contributed by atoms with E-state index < -0.39 is 11.4 Å². The van der Waals surface area contributed by atoms with Crippen LogP contribution in [0.5, 0.6) is 0 Å². The fourth-order valence-corrected chi connectivity index (χ4v) is 4.04. The number of nitrogens with two attached hydrogens (primary N) is 1. The van der Waals surface area contributed by atoms with Gasteiger partial charge < -0.3 is 11.1 Å². The highest BCUT2D eigenvalue weighted by Crippen LogP contribution is 2.36. The van der Waals surface area contributed by atoms with Crippen LogP contribution in [0.3, 0.4) is 0 Å².